The zero-order valence-electron chi connectivity index (χ0n) is 11.6. The molecule has 0 radical (unpaired) electrons. The van der Waals surface area contributed by atoms with Crippen molar-refractivity contribution in [3.05, 3.63) is 28.7 Å². The van der Waals surface area contributed by atoms with E-state index >= 15 is 0 Å². The Labute approximate surface area is 122 Å². The molecule has 0 fully saturated rings. The number of nitrogens with zero attached hydrogens (tertiary/aromatic N) is 1. The summed E-state index contributed by atoms with van der Waals surface area (Å²) in [6.45, 7) is 2.45. The second-order valence-electron chi connectivity index (χ2n) is 4.56. The fraction of sp³-hybridized carbons (Fsp3) is 0.385. The number of aromatic nitrogens is 1. The smallest absolute Gasteiger partial charge is 0.408 e. The number of halogens is 1. The standard InChI is InChI=1S/C13H17N3O3.ClH/c1-8(7-14-2)12(17)15-9-4-5-10-11(6-9)19-13(18)16(10)3;/h4-6,8,14H,7H2,1-3H3,(H,15,17);1H. The lowest BCUT2D eigenvalue weighted by molar-refractivity contribution is -0.119. The number of anilines is 1. The highest BCUT2D eigenvalue weighted by molar-refractivity contribution is 5.94. The van der Waals surface area contributed by atoms with Crippen molar-refractivity contribution in [3.8, 4) is 0 Å². The van der Waals surface area contributed by atoms with E-state index in [1.54, 1.807) is 32.3 Å². The normalized spacial score (nSPS) is 11.9. The van der Waals surface area contributed by atoms with Gasteiger partial charge < -0.3 is 15.1 Å². The lowest BCUT2D eigenvalue weighted by Crippen LogP contribution is -2.28. The van der Waals surface area contributed by atoms with Crippen molar-refractivity contribution in [2.75, 3.05) is 18.9 Å². The maximum Gasteiger partial charge on any atom is 0.419 e. The van der Waals surface area contributed by atoms with Crippen molar-refractivity contribution in [1.29, 1.82) is 0 Å². The molecule has 1 aromatic carbocycles. The number of oxazole rings is 1. The van der Waals surface area contributed by atoms with Gasteiger partial charge in [-0.25, -0.2) is 4.79 Å². The van der Waals surface area contributed by atoms with E-state index in [1.807, 2.05) is 6.92 Å². The predicted octanol–water partition coefficient (Wildman–Crippen LogP) is 1.35. The molecule has 2 N–H and O–H groups in total. The summed E-state index contributed by atoms with van der Waals surface area (Å²) in [7, 11) is 3.44. The first-order chi connectivity index (χ1) is 9.02. The Morgan fingerprint density at radius 2 is 2.15 bits per heavy atom. The zero-order valence-corrected chi connectivity index (χ0v) is 12.4. The second-order valence-corrected chi connectivity index (χ2v) is 4.56. The minimum Gasteiger partial charge on any atom is -0.408 e. The minimum absolute atomic E-state index is 0. The predicted molar refractivity (Wildman–Crippen MR) is 80.4 cm³/mol. The maximum absolute atomic E-state index is 11.9. The molecule has 0 saturated heterocycles. The van der Waals surface area contributed by atoms with Crippen LogP contribution in [0.2, 0.25) is 0 Å². The fourth-order valence-electron chi connectivity index (χ4n) is 1.88. The molecule has 1 aromatic heterocycles. The molecule has 0 spiro atoms. The van der Waals surface area contributed by atoms with E-state index in [0.717, 1.165) is 0 Å². The van der Waals surface area contributed by atoms with Gasteiger partial charge in [-0.05, 0) is 19.2 Å². The summed E-state index contributed by atoms with van der Waals surface area (Å²) in [6.07, 6.45) is 0. The number of amides is 1. The van der Waals surface area contributed by atoms with E-state index in [4.69, 9.17) is 4.42 Å². The Morgan fingerprint density at radius 3 is 2.80 bits per heavy atom. The van der Waals surface area contributed by atoms with Crippen molar-refractivity contribution < 1.29 is 9.21 Å². The highest BCUT2D eigenvalue weighted by atomic mass is 35.5. The number of carbonyl (C=O) groups is 1. The van der Waals surface area contributed by atoms with Crippen molar-refractivity contribution in [2.24, 2.45) is 13.0 Å². The van der Waals surface area contributed by atoms with Gasteiger partial charge in [0.1, 0.15) is 0 Å². The number of hydrogen-bond donors (Lipinski definition) is 2. The van der Waals surface area contributed by atoms with Gasteiger partial charge in [0.05, 0.1) is 5.52 Å². The van der Waals surface area contributed by atoms with Crippen LogP contribution in [-0.2, 0) is 11.8 Å². The monoisotopic (exact) mass is 299 g/mol. The third-order valence-electron chi connectivity index (χ3n) is 3.02. The van der Waals surface area contributed by atoms with E-state index in [9.17, 15) is 9.59 Å². The molecule has 2 aromatic rings. The highest BCUT2D eigenvalue weighted by Crippen LogP contribution is 2.18. The Bertz CT molecular complexity index is 662. The van der Waals surface area contributed by atoms with Gasteiger partial charge in [0.2, 0.25) is 5.91 Å². The van der Waals surface area contributed by atoms with Crippen LogP contribution in [0.1, 0.15) is 6.92 Å². The molecule has 6 nitrogen and oxygen atoms in total. The topological polar surface area (TPSA) is 76.3 Å². The van der Waals surface area contributed by atoms with E-state index in [0.29, 0.717) is 23.3 Å². The van der Waals surface area contributed by atoms with Crippen LogP contribution in [0.3, 0.4) is 0 Å². The van der Waals surface area contributed by atoms with Crippen LogP contribution in [0.15, 0.2) is 27.4 Å². The zero-order chi connectivity index (χ0) is 14.0. The second kappa shape index (κ2) is 6.58. The lowest BCUT2D eigenvalue weighted by Gasteiger charge is -2.11. The maximum atomic E-state index is 11.9. The van der Waals surface area contributed by atoms with Gasteiger partial charge in [-0.3, -0.25) is 9.36 Å². The third-order valence-corrected chi connectivity index (χ3v) is 3.02. The van der Waals surface area contributed by atoms with Gasteiger partial charge >= 0.3 is 5.76 Å². The van der Waals surface area contributed by atoms with Gasteiger partial charge in [-0.1, -0.05) is 6.92 Å². The molecule has 0 bridgehead atoms. The molecule has 7 heteroatoms. The highest BCUT2D eigenvalue weighted by Gasteiger charge is 2.13. The van der Waals surface area contributed by atoms with E-state index in [1.165, 1.54) is 4.57 Å². The summed E-state index contributed by atoms with van der Waals surface area (Å²) in [4.78, 5) is 23.2. The van der Waals surface area contributed by atoms with Gasteiger partial charge in [0, 0.05) is 31.3 Å². The van der Waals surface area contributed by atoms with Crippen LogP contribution >= 0.6 is 12.4 Å². The number of carbonyl (C=O) groups excluding carboxylic acids is 1. The molecule has 1 amide bonds. The van der Waals surface area contributed by atoms with Gasteiger partial charge in [0.15, 0.2) is 5.58 Å². The quantitative estimate of drug-likeness (QED) is 0.893. The average molecular weight is 300 g/mol. The van der Waals surface area contributed by atoms with Crippen LogP contribution in [0.5, 0.6) is 0 Å². The van der Waals surface area contributed by atoms with Crippen LogP contribution in [0.4, 0.5) is 5.69 Å². The van der Waals surface area contributed by atoms with Crippen molar-refractivity contribution in [3.63, 3.8) is 0 Å². The first kappa shape index (κ1) is 16.3. The van der Waals surface area contributed by atoms with Gasteiger partial charge in [-0.2, -0.15) is 0 Å². The number of rotatable bonds is 4. The number of benzene rings is 1. The molecule has 0 aliphatic heterocycles. The van der Waals surface area contributed by atoms with Crippen LogP contribution in [0.25, 0.3) is 11.1 Å². The summed E-state index contributed by atoms with van der Waals surface area (Å²) in [5, 5.41) is 5.75. The number of nitrogens with one attached hydrogen (secondary N) is 2. The Balaban J connectivity index is 0.00000200. The number of aryl methyl sites for hydroxylation is 1. The summed E-state index contributed by atoms with van der Waals surface area (Å²) in [5.74, 6) is -0.627. The molecule has 1 heterocycles. The van der Waals surface area contributed by atoms with Gasteiger partial charge in [-0.15, -0.1) is 12.4 Å². The SMILES string of the molecule is CNCC(C)C(=O)Nc1ccc2c(c1)oc(=O)n2C.Cl. The molecule has 110 valence electrons. The molecule has 1 atom stereocenters. The number of fused-ring (bicyclic) bond motifs is 1. The van der Waals surface area contributed by atoms with E-state index in [2.05, 4.69) is 10.6 Å². The first-order valence-corrected chi connectivity index (χ1v) is 6.08. The molecular weight excluding hydrogens is 282 g/mol. The molecule has 0 saturated carbocycles. The van der Waals surface area contributed by atoms with Crippen LogP contribution in [0, 0.1) is 5.92 Å². The number of hydrogen-bond acceptors (Lipinski definition) is 4. The summed E-state index contributed by atoms with van der Waals surface area (Å²) < 4.78 is 6.49. The Hall–Kier alpha value is -1.79. The van der Waals surface area contributed by atoms with E-state index < -0.39 is 5.76 Å². The molecule has 0 aliphatic carbocycles. The van der Waals surface area contributed by atoms with E-state index in [-0.39, 0.29) is 24.2 Å². The summed E-state index contributed by atoms with van der Waals surface area (Å²) >= 11 is 0. The Kier molecular flexibility index (Phi) is 5.35. The molecule has 20 heavy (non-hydrogen) atoms. The van der Waals surface area contributed by atoms with Crippen LogP contribution in [-0.4, -0.2) is 24.1 Å². The molecule has 0 aliphatic rings. The molecule has 1 unspecified atom stereocenters. The summed E-state index contributed by atoms with van der Waals surface area (Å²) in [6, 6.07) is 5.15. The minimum atomic E-state index is -0.415. The largest absolute Gasteiger partial charge is 0.419 e. The van der Waals surface area contributed by atoms with Crippen LogP contribution < -0.4 is 16.4 Å². The van der Waals surface area contributed by atoms with Crippen molar-refractivity contribution in [1.82, 2.24) is 9.88 Å². The van der Waals surface area contributed by atoms with Crippen molar-refractivity contribution >= 4 is 35.1 Å². The fourth-order valence-corrected chi connectivity index (χ4v) is 1.88. The average Bonchev–Trinajstić information content (AvgIpc) is 2.65. The van der Waals surface area contributed by atoms with Crippen molar-refractivity contribution in [2.45, 2.75) is 6.92 Å². The molecule has 2 rings (SSSR count). The summed E-state index contributed by atoms with van der Waals surface area (Å²) in [5.41, 5.74) is 1.78. The first-order valence-electron chi connectivity index (χ1n) is 6.08. The molecular formula is C13H18ClN3O3. The Morgan fingerprint density at radius 1 is 1.45 bits per heavy atom. The third kappa shape index (κ3) is 3.20. The van der Waals surface area contributed by atoms with Gasteiger partial charge in [0.25, 0.3) is 0 Å². The lowest BCUT2D eigenvalue weighted by atomic mass is 10.1.